The third-order valence-electron chi connectivity index (χ3n) is 2.50. The normalized spacial score (nSPS) is 20.3. The van der Waals surface area contributed by atoms with Crippen LogP contribution >= 0.6 is 0 Å². The monoisotopic (exact) mass is 225 g/mol. The molecule has 5 heteroatoms. The highest BCUT2D eigenvalue weighted by atomic mass is 16.6. The van der Waals surface area contributed by atoms with Gasteiger partial charge in [0.2, 0.25) is 0 Å². The summed E-state index contributed by atoms with van der Waals surface area (Å²) in [5.41, 5.74) is 5.37. The van der Waals surface area contributed by atoms with Crippen LogP contribution in [0.5, 0.6) is 17.2 Å². The van der Waals surface area contributed by atoms with E-state index in [0.29, 0.717) is 23.9 Å². The molecule has 2 atom stereocenters. The van der Waals surface area contributed by atoms with E-state index in [1.807, 2.05) is 0 Å². The van der Waals surface area contributed by atoms with E-state index in [0.717, 1.165) is 0 Å². The molecule has 2 unspecified atom stereocenters. The Bertz CT molecular complexity index is 369. The third-order valence-corrected chi connectivity index (χ3v) is 2.50. The van der Waals surface area contributed by atoms with Crippen LogP contribution in [-0.2, 0) is 0 Å². The predicted octanol–water partition coefficient (Wildman–Crippen LogP) is 0.155. The van der Waals surface area contributed by atoms with Crippen molar-refractivity contribution >= 4 is 0 Å². The molecule has 1 aromatic rings. The predicted molar refractivity (Wildman–Crippen MR) is 58.0 cm³/mol. The quantitative estimate of drug-likeness (QED) is 0.766. The lowest BCUT2D eigenvalue weighted by atomic mass is 10.2. The number of fused-ring (bicyclic) bond motifs is 1. The van der Waals surface area contributed by atoms with Gasteiger partial charge in [-0.2, -0.15) is 0 Å². The van der Waals surface area contributed by atoms with Crippen LogP contribution < -0.4 is 19.9 Å². The molecule has 1 aliphatic rings. The molecule has 1 heterocycles. The summed E-state index contributed by atoms with van der Waals surface area (Å²) in [6.07, 6.45) is -1.15. The maximum atomic E-state index is 9.57. The standard InChI is InChI=1S/C11H15NO4/c1-14-7-2-3-9-10(4-7)16-11(6-15-9)8(13)5-12/h2-4,8,11,13H,5-6,12H2,1H3. The smallest absolute Gasteiger partial charge is 0.165 e. The van der Waals surface area contributed by atoms with Gasteiger partial charge in [0.15, 0.2) is 17.6 Å². The van der Waals surface area contributed by atoms with Gasteiger partial charge in [-0.1, -0.05) is 0 Å². The summed E-state index contributed by atoms with van der Waals surface area (Å²) in [7, 11) is 1.58. The maximum absolute atomic E-state index is 9.57. The van der Waals surface area contributed by atoms with Crippen LogP contribution in [0.2, 0.25) is 0 Å². The van der Waals surface area contributed by atoms with E-state index in [2.05, 4.69) is 0 Å². The summed E-state index contributed by atoms with van der Waals surface area (Å²) in [6.45, 7) is 0.449. The second-order valence-corrected chi connectivity index (χ2v) is 3.58. The van der Waals surface area contributed by atoms with Crippen molar-refractivity contribution < 1.29 is 19.3 Å². The first kappa shape index (κ1) is 11.0. The lowest BCUT2D eigenvalue weighted by molar-refractivity contribution is -0.00547. The minimum atomic E-state index is -0.723. The van der Waals surface area contributed by atoms with Crippen molar-refractivity contribution in [3.8, 4) is 17.2 Å². The highest BCUT2D eigenvalue weighted by Gasteiger charge is 2.26. The van der Waals surface area contributed by atoms with Gasteiger partial charge >= 0.3 is 0 Å². The molecule has 5 nitrogen and oxygen atoms in total. The molecule has 0 saturated heterocycles. The summed E-state index contributed by atoms with van der Waals surface area (Å²) in [5, 5.41) is 9.57. The third kappa shape index (κ3) is 2.05. The van der Waals surface area contributed by atoms with Gasteiger partial charge < -0.3 is 25.1 Å². The van der Waals surface area contributed by atoms with Crippen molar-refractivity contribution in [3.63, 3.8) is 0 Å². The fourth-order valence-electron chi connectivity index (χ4n) is 1.54. The van der Waals surface area contributed by atoms with Crippen LogP contribution in [0.3, 0.4) is 0 Å². The molecular formula is C11H15NO4. The first-order valence-electron chi connectivity index (χ1n) is 5.10. The van der Waals surface area contributed by atoms with Gasteiger partial charge in [-0.15, -0.1) is 0 Å². The number of benzene rings is 1. The Morgan fingerprint density at radius 3 is 3.06 bits per heavy atom. The number of rotatable bonds is 3. The lowest BCUT2D eigenvalue weighted by Crippen LogP contribution is -2.43. The maximum Gasteiger partial charge on any atom is 0.165 e. The molecule has 16 heavy (non-hydrogen) atoms. The van der Waals surface area contributed by atoms with Gasteiger partial charge in [-0.25, -0.2) is 0 Å². The fourth-order valence-corrected chi connectivity index (χ4v) is 1.54. The average Bonchev–Trinajstić information content (AvgIpc) is 2.36. The Balaban J connectivity index is 2.18. The van der Waals surface area contributed by atoms with Crippen LogP contribution in [0.15, 0.2) is 18.2 Å². The Hall–Kier alpha value is -1.46. The summed E-state index contributed by atoms with van der Waals surface area (Å²) in [6, 6.07) is 5.30. The molecule has 0 saturated carbocycles. The van der Waals surface area contributed by atoms with Crippen LogP contribution in [0, 0.1) is 0 Å². The van der Waals surface area contributed by atoms with E-state index in [1.54, 1.807) is 25.3 Å². The van der Waals surface area contributed by atoms with E-state index in [-0.39, 0.29) is 6.54 Å². The van der Waals surface area contributed by atoms with E-state index < -0.39 is 12.2 Å². The summed E-state index contributed by atoms with van der Waals surface area (Å²) < 4.78 is 16.1. The summed E-state index contributed by atoms with van der Waals surface area (Å²) in [5.74, 6) is 1.91. The SMILES string of the molecule is COc1ccc2c(c1)OC(C(O)CN)CO2. The van der Waals surface area contributed by atoms with E-state index in [9.17, 15) is 5.11 Å². The molecule has 1 aliphatic heterocycles. The molecule has 0 aromatic heterocycles. The summed E-state index contributed by atoms with van der Waals surface area (Å²) >= 11 is 0. The minimum absolute atomic E-state index is 0.146. The fraction of sp³-hybridized carbons (Fsp3) is 0.455. The lowest BCUT2D eigenvalue weighted by Gasteiger charge is -2.29. The first-order chi connectivity index (χ1) is 7.74. The van der Waals surface area contributed by atoms with E-state index >= 15 is 0 Å². The van der Waals surface area contributed by atoms with Crippen molar-refractivity contribution in [1.29, 1.82) is 0 Å². The molecule has 0 fully saturated rings. The van der Waals surface area contributed by atoms with Gasteiger partial charge in [-0.05, 0) is 12.1 Å². The molecule has 0 bridgehead atoms. The van der Waals surface area contributed by atoms with Gasteiger partial charge in [0.05, 0.1) is 7.11 Å². The van der Waals surface area contributed by atoms with Crippen molar-refractivity contribution in [2.24, 2.45) is 5.73 Å². The number of aliphatic hydroxyl groups is 1. The van der Waals surface area contributed by atoms with Gasteiger partial charge in [0.25, 0.3) is 0 Å². The number of nitrogens with two attached hydrogens (primary N) is 1. The second-order valence-electron chi connectivity index (χ2n) is 3.58. The van der Waals surface area contributed by atoms with Crippen molar-refractivity contribution in [2.45, 2.75) is 12.2 Å². The molecule has 0 amide bonds. The van der Waals surface area contributed by atoms with Gasteiger partial charge in [0.1, 0.15) is 18.5 Å². The van der Waals surface area contributed by atoms with Crippen molar-refractivity contribution in [3.05, 3.63) is 18.2 Å². The van der Waals surface area contributed by atoms with Gasteiger partial charge in [0, 0.05) is 12.6 Å². The molecular weight excluding hydrogens is 210 g/mol. The second kappa shape index (κ2) is 4.59. The molecule has 1 aromatic carbocycles. The highest BCUT2D eigenvalue weighted by Crippen LogP contribution is 2.35. The number of ether oxygens (including phenoxy) is 3. The zero-order valence-electron chi connectivity index (χ0n) is 9.05. The number of hydrogen-bond acceptors (Lipinski definition) is 5. The topological polar surface area (TPSA) is 73.9 Å². The molecule has 0 aliphatic carbocycles. The Morgan fingerprint density at radius 1 is 1.56 bits per heavy atom. The summed E-state index contributed by atoms with van der Waals surface area (Å²) in [4.78, 5) is 0. The number of aliphatic hydroxyl groups excluding tert-OH is 1. The minimum Gasteiger partial charge on any atom is -0.497 e. The van der Waals surface area contributed by atoms with Crippen LogP contribution in [0.25, 0.3) is 0 Å². The van der Waals surface area contributed by atoms with Gasteiger partial charge in [-0.3, -0.25) is 0 Å². The molecule has 0 radical (unpaired) electrons. The highest BCUT2D eigenvalue weighted by molar-refractivity contribution is 5.46. The largest absolute Gasteiger partial charge is 0.497 e. The van der Waals surface area contributed by atoms with E-state index in [4.69, 9.17) is 19.9 Å². The molecule has 0 spiro atoms. The molecule has 88 valence electrons. The molecule has 3 N–H and O–H groups in total. The van der Waals surface area contributed by atoms with Crippen molar-refractivity contribution in [2.75, 3.05) is 20.3 Å². The molecule has 2 rings (SSSR count). The number of hydrogen-bond donors (Lipinski definition) is 2. The van der Waals surface area contributed by atoms with Crippen LogP contribution in [-0.4, -0.2) is 37.6 Å². The zero-order valence-corrected chi connectivity index (χ0v) is 9.05. The Kier molecular flexibility index (Phi) is 3.17. The number of methoxy groups -OCH3 is 1. The Labute approximate surface area is 93.7 Å². The first-order valence-corrected chi connectivity index (χ1v) is 5.10. The van der Waals surface area contributed by atoms with E-state index in [1.165, 1.54) is 0 Å². The Morgan fingerprint density at radius 2 is 2.38 bits per heavy atom. The average molecular weight is 225 g/mol. The van der Waals surface area contributed by atoms with Crippen molar-refractivity contribution in [1.82, 2.24) is 0 Å². The van der Waals surface area contributed by atoms with Crippen LogP contribution in [0.1, 0.15) is 0 Å². The van der Waals surface area contributed by atoms with Crippen LogP contribution in [0.4, 0.5) is 0 Å². The zero-order chi connectivity index (χ0) is 11.5.